The molecule has 0 saturated heterocycles. The number of pyridine rings is 1. The SMILES string of the molecule is CCc1cc(OCC2CC2)c(-c2cn(C)c(=O)c3ccccc23)cc1S(=O)(=O)NC. The van der Waals surface area contributed by atoms with Gasteiger partial charge in [-0.2, -0.15) is 0 Å². The fourth-order valence-corrected chi connectivity index (χ4v) is 4.73. The molecule has 0 radical (unpaired) electrons. The van der Waals surface area contributed by atoms with Crippen LogP contribution in [0.2, 0.25) is 0 Å². The molecule has 6 nitrogen and oxygen atoms in total. The van der Waals surface area contributed by atoms with Gasteiger partial charge in [-0.1, -0.05) is 25.1 Å². The zero-order valence-electron chi connectivity index (χ0n) is 17.4. The topological polar surface area (TPSA) is 77.4 Å². The highest BCUT2D eigenvalue weighted by atomic mass is 32.2. The second-order valence-corrected chi connectivity index (χ2v) is 9.63. The Kier molecular flexibility index (Phi) is 5.42. The smallest absolute Gasteiger partial charge is 0.258 e. The second kappa shape index (κ2) is 7.89. The van der Waals surface area contributed by atoms with Crippen molar-refractivity contribution in [1.82, 2.24) is 9.29 Å². The van der Waals surface area contributed by atoms with Crippen molar-refractivity contribution in [3.63, 3.8) is 0 Å². The van der Waals surface area contributed by atoms with Crippen LogP contribution in [0.5, 0.6) is 5.75 Å². The van der Waals surface area contributed by atoms with Crippen LogP contribution in [0, 0.1) is 5.92 Å². The lowest BCUT2D eigenvalue weighted by Crippen LogP contribution is -2.20. The van der Waals surface area contributed by atoms with Crippen molar-refractivity contribution in [2.75, 3.05) is 13.7 Å². The van der Waals surface area contributed by atoms with Gasteiger partial charge in [0.15, 0.2) is 0 Å². The molecule has 0 amide bonds. The third-order valence-electron chi connectivity index (χ3n) is 5.65. The number of aryl methyl sites for hydroxylation is 2. The van der Waals surface area contributed by atoms with E-state index in [1.807, 2.05) is 31.2 Å². The minimum atomic E-state index is -3.65. The summed E-state index contributed by atoms with van der Waals surface area (Å²) >= 11 is 0. The van der Waals surface area contributed by atoms with Crippen LogP contribution in [-0.4, -0.2) is 26.6 Å². The molecule has 0 bridgehead atoms. The Balaban J connectivity index is 2.02. The van der Waals surface area contributed by atoms with E-state index in [1.165, 1.54) is 11.6 Å². The fraction of sp³-hybridized carbons (Fsp3) is 0.348. The van der Waals surface area contributed by atoms with Crippen LogP contribution in [0.4, 0.5) is 0 Å². The minimum Gasteiger partial charge on any atom is -0.493 e. The van der Waals surface area contributed by atoms with Gasteiger partial charge in [0.05, 0.1) is 11.5 Å². The van der Waals surface area contributed by atoms with Crippen LogP contribution < -0.4 is 15.0 Å². The quantitative estimate of drug-likeness (QED) is 0.628. The molecule has 30 heavy (non-hydrogen) atoms. The van der Waals surface area contributed by atoms with Crippen LogP contribution in [-0.2, 0) is 23.5 Å². The molecular formula is C23H26N2O4S. The summed E-state index contributed by atoms with van der Waals surface area (Å²) in [6.07, 6.45) is 4.63. The van der Waals surface area contributed by atoms with Crippen molar-refractivity contribution in [1.29, 1.82) is 0 Å². The molecule has 1 aromatic heterocycles. The lowest BCUT2D eigenvalue weighted by Gasteiger charge is -2.18. The van der Waals surface area contributed by atoms with Crippen LogP contribution in [0.3, 0.4) is 0 Å². The summed E-state index contributed by atoms with van der Waals surface area (Å²) in [6, 6.07) is 10.9. The minimum absolute atomic E-state index is 0.0944. The lowest BCUT2D eigenvalue weighted by molar-refractivity contribution is 0.300. The van der Waals surface area contributed by atoms with E-state index in [9.17, 15) is 13.2 Å². The van der Waals surface area contributed by atoms with Gasteiger partial charge >= 0.3 is 0 Å². The monoisotopic (exact) mass is 426 g/mol. The summed E-state index contributed by atoms with van der Waals surface area (Å²) in [5, 5.41) is 1.36. The van der Waals surface area contributed by atoms with Crippen LogP contribution in [0.15, 0.2) is 52.3 Å². The van der Waals surface area contributed by atoms with Crippen molar-refractivity contribution in [3.05, 3.63) is 58.5 Å². The lowest BCUT2D eigenvalue weighted by atomic mass is 9.98. The Morgan fingerprint density at radius 1 is 1.13 bits per heavy atom. The van der Waals surface area contributed by atoms with Crippen molar-refractivity contribution >= 4 is 20.8 Å². The van der Waals surface area contributed by atoms with E-state index < -0.39 is 10.0 Å². The van der Waals surface area contributed by atoms with E-state index in [0.29, 0.717) is 41.2 Å². The Hall–Kier alpha value is -2.64. The first-order valence-corrected chi connectivity index (χ1v) is 11.7. The molecule has 1 aliphatic carbocycles. The molecule has 0 spiro atoms. The van der Waals surface area contributed by atoms with Gasteiger partial charge in [0.25, 0.3) is 5.56 Å². The molecule has 3 aromatic rings. The van der Waals surface area contributed by atoms with E-state index in [-0.39, 0.29) is 10.5 Å². The number of fused-ring (bicyclic) bond motifs is 1. The molecular weight excluding hydrogens is 400 g/mol. The maximum Gasteiger partial charge on any atom is 0.258 e. The molecule has 2 aromatic carbocycles. The number of aromatic nitrogens is 1. The first-order valence-electron chi connectivity index (χ1n) is 10.2. The summed E-state index contributed by atoms with van der Waals surface area (Å²) in [5.41, 5.74) is 2.05. The largest absolute Gasteiger partial charge is 0.493 e. The molecule has 4 rings (SSSR count). The number of nitrogens with zero attached hydrogens (tertiary/aromatic N) is 1. The predicted octanol–water partition coefficient (Wildman–Crippen LogP) is 3.46. The molecule has 158 valence electrons. The second-order valence-electron chi connectivity index (χ2n) is 7.78. The number of hydrogen-bond donors (Lipinski definition) is 1. The van der Waals surface area contributed by atoms with E-state index >= 15 is 0 Å². The van der Waals surface area contributed by atoms with E-state index in [0.717, 1.165) is 23.8 Å². The Morgan fingerprint density at radius 3 is 2.47 bits per heavy atom. The summed E-state index contributed by atoms with van der Waals surface area (Å²) in [7, 11) is -0.539. The molecule has 1 saturated carbocycles. The van der Waals surface area contributed by atoms with E-state index in [2.05, 4.69) is 4.72 Å². The Morgan fingerprint density at radius 2 is 1.83 bits per heavy atom. The van der Waals surface area contributed by atoms with Crippen molar-refractivity contribution < 1.29 is 13.2 Å². The van der Waals surface area contributed by atoms with Gasteiger partial charge in [-0.05, 0) is 61.4 Å². The first kappa shape index (κ1) is 20.6. The molecule has 1 heterocycles. The fourth-order valence-electron chi connectivity index (χ4n) is 3.69. The third-order valence-corrected chi connectivity index (χ3v) is 7.15. The van der Waals surface area contributed by atoms with Crippen molar-refractivity contribution in [2.45, 2.75) is 31.1 Å². The highest BCUT2D eigenvalue weighted by Gasteiger charge is 2.25. The van der Waals surface area contributed by atoms with Crippen molar-refractivity contribution in [3.8, 4) is 16.9 Å². The summed E-state index contributed by atoms with van der Waals surface area (Å²) in [5.74, 6) is 1.21. The molecule has 1 fully saturated rings. The molecule has 7 heteroatoms. The number of hydrogen-bond acceptors (Lipinski definition) is 4. The number of sulfonamides is 1. The van der Waals surface area contributed by atoms with E-state index in [1.54, 1.807) is 25.4 Å². The summed E-state index contributed by atoms with van der Waals surface area (Å²) < 4.78 is 35.6. The van der Waals surface area contributed by atoms with Crippen LogP contribution in [0.25, 0.3) is 21.9 Å². The molecule has 0 unspecified atom stereocenters. The summed E-state index contributed by atoms with van der Waals surface area (Å²) in [6.45, 7) is 2.54. The Labute approximate surface area is 176 Å². The molecule has 0 aliphatic heterocycles. The van der Waals surface area contributed by atoms with Gasteiger partial charge in [0, 0.05) is 29.8 Å². The average Bonchev–Trinajstić information content (AvgIpc) is 3.59. The van der Waals surface area contributed by atoms with Gasteiger partial charge in [0.2, 0.25) is 10.0 Å². The average molecular weight is 427 g/mol. The van der Waals surface area contributed by atoms with Crippen LogP contribution >= 0.6 is 0 Å². The van der Waals surface area contributed by atoms with Gasteiger partial charge < -0.3 is 9.30 Å². The standard InChI is InChI=1S/C23H26N2O4S/c1-4-16-11-21(29-14-15-9-10-15)19(12-22(16)30(27,28)24-2)20-13-25(3)23(26)18-8-6-5-7-17(18)20/h5-8,11-13,15,24H,4,9-10,14H2,1-3H3. The zero-order chi connectivity index (χ0) is 21.5. The predicted molar refractivity (Wildman–Crippen MR) is 118 cm³/mol. The highest BCUT2D eigenvalue weighted by Crippen LogP contribution is 2.39. The van der Waals surface area contributed by atoms with Crippen LogP contribution in [0.1, 0.15) is 25.3 Å². The summed E-state index contributed by atoms with van der Waals surface area (Å²) in [4.78, 5) is 12.9. The maximum absolute atomic E-state index is 12.7. The maximum atomic E-state index is 12.7. The highest BCUT2D eigenvalue weighted by molar-refractivity contribution is 7.89. The number of nitrogens with one attached hydrogen (secondary N) is 1. The van der Waals surface area contributed by atoms with Gasteiger partial charge in [-0.25, -0.2) is 13.1 Å². The Bertz CT molecular complexity index is 1270. The van der Waals surface area contributed by atoms with Crippen molar-refractivity contribution in [2.24, 2.45) is 13.0 Å². The first-order chi connectivity index (χ1) is 14.4. The normalized spacial score (nSPS) is 14.2. The number of benzene rings is 2. The number of ether oxygens (including phenoxy) is 1. The van der Waals surface area contributed by atoms with Gasteiger partial charge in [-0.3, -0.25) is 4.79 Å². The third kappa shape index (κ3) is 3.75. The molecule has 1 aliphatic rings. The molecule has 0 atom stereocenters. The van der Waals surface area contributed by atoms with Gasteiger partial charge in [0.1, 0.15) is 5.75 Å². The molecule has 1 N–H and O–H groups in total. The number of rotatable bonds is 7. The van der Waals surface area contributed by atoms with Gasteiger partial charge in [-0.15, -0.1) is 0 Å². The zero-order valence-corrected chi connectivity index (χ0v) is 18.3. The van der Waals surface area contributed by atoms with E-state index in [4.69, 9.17) is 4.74 Å².